The zero-order valence-electron chi connectivity index (χ0n) is 11.9. The third-order valence-electron chi connectivity index (χ3n) is 3.48. The van der Waals surface area contributed by atoms with Crippen molar-refractivity contribution in [1.82, 2.24) is 9.71 Å². The van der Waals surface area contributed by atoms with E-state index in [1.54, 1.807) is 6.20 Å². The maximum absolute atomic E-state index is 12.4. The molecule has 8 heteroatoms. The van der Waals surface area contributed by atoms with Crippen molar-refractivity contribution in [3.05, 3.63) is 70.4 Å². The molecule has 0 unspecified atom stereocenters. The molecule has 1 aromatic heterocycles. The fourth-order valence-corrected chi connectivity index (χ4v) is 3.54. The van der Waals surface area contributed by atoms with Gasteiger partial charge in [0.15, 0.2) is 4.90 Å². The summed E-state index contributed by atoms with van der Waals surface area (Å²) in [5.74, 6) is 0. The lowest BCUT2D eigenvalue weighted by Gasteiger charge is -2.06. The number of fused-ring (bicyclic) bond motifs is 1. The molecular formula is C15H13N3O4S. The quantitative estimate of drug-likeness (QED) is 0.553. The maximum Gasteiger partial charge on any atom is 0.289 e. The number of rotatable bonds is 5. The summed E-state index contributed by atoms with van der Waals surface area (Å²) in [6.45, 7) is 0.0401. The van der Waals surface area contributed by atoms with Gasteiger partial charge in [0.25, 0.3) is 5.69 Å². The lowest BCUT2D eigenvalue weighted by molar-refractivity contribution is -0.387. The molecule has 23 heavy (non-hydrogen) atoms. The molecule has 0 spiro atoms. The van der Waals surface area contributed by atoms with E-state index in [4.69, 9.17) is 0 Å². The van der Waals surface area contributed by atoms with Crippen LogP contribution in [0.3, 0.4) is 0 Å². The number of para-hydroxylation sites is 2. The fourth-order valence-electron chi connectivity index (χ4n) is 2.36. The number of aromatic nitrogens is 1. The number of nitro groups is 1. The standard InChI is InChI=1S/C15H13N3O4S/c19-18(20)14-7-3-4-8-15(14)23(21,22)17-10-11-9-16-13-6-2-1-5-12(11)13/h1-9,16-17H,10H2. The fraction of sp³-hybridized carbons (Fsp3) is 0.0667. The van der Waals surface area contributed by atoms with Gasteiger partial charge < -0.3 is 4.98 Å². The number of aromatic amines is 1. The molecule has 0 radical (unpaired) electrons. The average molecular weight is 331 g/mol. The summed E-state index contributed by atoms with van der Waals surface area (Å²) in [6.07, 6.45) is 1.71. The second-order valence-electron chi connectivity index (χ2n) is 4.91. The molecule has 0 saturated heterocycles. The average Bonchev–Trinajstić information content (AvgIpc) is 2.96. The van der Waals surface area contributed by atoms with E-state index in [9.17, 15) is 18.5 Å². The van der Waals surface area contributed by atoms with Crippen molar-refractivity contribution in [3.63, 3.8) is 0 Å². The van der Waals surface area contributed by atoms with Crippen LogP contribution in [0.1, 0.15) is 5.56 Å². The molecule has 3 rings (SSSR count). The highest BCUT2D eigenvalue weighted by Crippen LogP contribution is 2.23. The molecule has 0 bridgehead atoms. The summed E-state index contributed by atoms with van der Waals surface area (Å²) in [5, 5.41) is 11.9. The van der Waals surface area contributed by atoms with Crippen LogP contribution in [-0.2, 0) is 16.6 Å². The number of benzene rings is 2. The Morgan fingerprint density at radius 3 is 2.57 bits per heavy atom. The third-order valence-corrected chi connectivity index (χ3v) is 4.93. The zero-order valence-corrected chi connectivity index (χ0v) is 12.7. The van der Waals surface area contributed by atoms with Crippen LogP contribution in [0.5, 0.6) is 0 Å². The topological polar surface area (TPSA) is 105 Å². The Labute approximate surface area is 132 Å². The Bertz CT molecular complexity index is 979. The van der Waals surface area contributed by atoms with Crippen molar-refractivity contribution in [2.75, 3.05) is 0 Å². The predicted molar refractivity (Wildman–Crippen MR) is 85.4 cm³/mol. The number of sulfonamides is 1. The van der Waals surface area contributed by atoms with Crippen LogP contribution < -0.4 is 4.72 Å². The Hall–Kier alpha value is -2.71. The van der Waals surface area contributed by atoms with E-state index in [1.807, 2.05) is 24.3 Å². The monoisotopic (exact) mass is 331 g/mol. The van der Waals surface area contributed by atoms with Gasteiger partial charge in [0, 0.05) is 29.7 Å². The van der Waals surface area contributed by atoms with Crippen LogP contribution >= 0.6 is 0 Å². The first-order chi connectivity index (χ1) is 11.0. The second kappa shape index (κ2) is 5.82. The zero-order chi connectivity index (χ0) is 16.4. The smallest absolute Gasteiger partial charge is 0.289 e. The number of nitro benzene ring substituents is 1. The van der Waals surface area contributed by atoms with E-state index in [0.717, 1.165) is 16.5 Å². The first-order valence-corrected chi connectivity index (χ1v) is 8.25. The largest absolute Gasteiger partial charge is 0.361 e. The van der Waals surface area contributed by atoms with Gasteiger partial charge in [-0.1, -0.05) is 30.3 Å². The van der Waals surface area contributed by atoms with Crippen molar-refractivity contribution in [2.24, 2.45) is 0 Å². The summed E-state index contributed by atoms with van der Waals surface area (Å²) in [4.78, 5) is 13.0. The van der Waals surface area contributed by atoms with Crippen LogP contribution in [0.2, 0.25) is 0 Å². The van der Waals surface area contributed by atoms with Crippen LogP contribution in [-0.4, -0.2) is 18.3 Å². The molecule has 0 atom stereocenters. The molecule has 0 amide bonds. The molecule has 118 valence electrons. The van der Waals surface area contributed by atoms with E-state index in [0.29, 0.717) is 0 Å². The van der Waals surface area contributed by atoms with Crippen LogP contribution in [0.4, 0.5) is 5.69 Å². The van der Waals surface area contributed by atoms with Gasteiger partial charge in [-0.25, -0.2) is 13.1 Å². The van der Waals surface area contributed by atoms with E-state index in [2.05, 4.69) is 9.71 Å². The molecule has 1 heterocycles. The molecular weight excluding hydrogens is 318 g/mol. The Kier molecular flexibility index (Phi) is 3.85. The number of nitrogens with zero attached hydrogens (tertiary/aromatic N) is 1. The van der Waals surface area contributed by atoms with E-state index in [-0.39, 0.29) is 11.4 Å². The molecule has 2 aromatic carbocycles. The highest BCUT2D eigenvalue weighted by Gasteiger charge is 2.24. The SMILES string of the molecule is O=[N+]([O-])c1ccccc1S(=O)(=O)NCc1c[nH]c2ccccc12. The summed E-state index contributed by atoms with van der Waals surface area (Å²) in [7, 11) is -3.99. The number of H-pyrrole nitrogens is 1. The van der Waals surface area contributed by atoms with Gasteiger partial charge in [0.2, 0.25) is 10.0 Å². The Balaban J connectivity index is 1.89. The van der Waals surface area contributed by atoms with Crippen molar-refractivity contribution < 1.29 is 13.3 Å². The van der Waals surface area contributed by atoms with E-state index >= 15 is 0 Å². The molecule has 2 N–H and O–H groups in total. The molecule has 0 aliphatic heterocycles. The van der Waals surface area contributed by atoms with Gasteiger partial charge in [-0.15, -0.1) is 0 Å². The minimum absolute atomic E-state index is 0.0401. The molecule has 7 nitrogen and oxygen atoms in total. The summed E-state index contributed by atoms with van der Waals surface area (Å²) in [5.41, 5.74) is 1.22. The second-order valence-corrected chi connectivity index (χ2v) is 6.64. The molecule has 0 aliphatic rings. The van der Waals surface area contributed by atoms with Crippen molar-refractivity contribution >= 4 is 26.6 Å². The van der Waals surface area contributed by atoms with Crippen molar-refractivity contribution in [2.45, 2.75) is 11.4 Å². The molecule has 0 fully saturated rings. The minimum atomic E-state index is -3.99. The first kappa shape index (κ1) is 15.2. The van der Waals surface area contributed by atoms with Crippen LogP contribution in [0.25, 0.3) is 10.9 Å². The number of hydrogen-bond donors (Lipinski definition) is 2. The van der Waals surface area contributed by atoms with Gasteiger partial charge >= 0.3 is 0 Å². The van der Waals surface area contributed by atoms with Gasteiger partial charge in [-0.2, -0.15) is 0 Å². The van der Waals surface area contributed by atoms with Crippen LogP contribution in [0, 0.1) is 10.1 Å². The highest BCUT2D eigenvalue weighted by atomic mass is 32.2. The minimum Gasteiger partial charge on any atom is -0.361 e. The van der Waals surface area contributed by atoms with Crippen molar-refractivity contribution in [1.29, 1.82) is 0 Å². The summed E-state index contributed by atoms with van der Waals surface area (Å²) >= 11 is 0. The Morgan fingerprint density at radius 1 is 1.09 bits per heavy atom. The van der Waals surface area contributed by atoms with E-state index in [1.165, 1.54) is 24.3 Å². The third kappa shape index (κ3) is 2.94. The molecule has 0 aliphatic carbocycles. The van der Waals surface area contributed by atoms with E-state index < -0.39 is 20.6 Å². The maximum atomic E-state index is 12.4. The predicted octanol–water partition coefficient (Wildman–Crippen LogP) is 2.55. The number of hydrogen-bond acceptors (Lipinski definition) is 4. The Morgan fingerprint density at radius 2 is 1.78 bits per heavy atom. The molecule has 3 aromatic rings. The van der Waals surface area contributed by atoms with Gasteiger partial charge in [0.1, 0.15) is 0 Å². The summed E-state index contributed by atoms with van der Waals surface area (Å²) in [6, 6.07) is 12.8. The van der Waals surface area contributed by atoms with Gasteiger partial charge in [-0.3, -0.25) is 10.1 Å². The van der Waals surface area contributed by atoms with Crippen molar-refractivity contribution in [3.8, 4) is 0 Å². The first-order valence-electron chi connectivity index (χ1n) is 6.77. The molecule has 0 saturated carbocycles. The lowest BCUT2D eigenvalue weighted by Crippen LogP contribution is -2.24. The normalized spacial score (nSPS) is 11.7. The van der Waals surface area contributed by atoms with Gasteiger partial charge in [0.05, 0.1) is 4.92 Å². The number of nitrogens with one attached hydrogen (secondary N) is 2. The van der Waals surface area contributed by atoms with Gasteiger partial charge in [-0.05, 0) is 17.7 Å². The van der Waals surface area contributed by atoms with Crippen LogP contribution in [0.15, 0.2) is 59.6 Å². The summed E-state index contributed by atoms with van der Waals surface area (Å²) < 4.78 is 27.1. The highest BCUT2D eigenvalue weighted by molar-refractivity contribution is 7.89. The lowest BCUT2D eigenvalue weighted by atomic mass is 10.2.